The summed E-state index contributed by atoms with van der Waals surface area (Å²) in [5.74, 6) is 0.993. The number of guanidine groups is 1. The summed E-state index contributed by atoms with van der Waals surface area (Å²) in [5, 5.41) is 7.83. The van der Waals surface area contributed by atoms with Crippen LogP contribution in [0.3, 0.4) is 0 Å². The first-order valence-electron chi connectivity index (χ1n) is 9.56. The average molecular weight is 357 g/mol. The van der Waals surface area contributed by atoms with Crippen molar-refractivity contribution in [2.45, 2.75) is 70.0 Å². The standard InChI is InChI=1S/C18H36N4OS/c1-5-19-18(21-16-7-8-17(11-16)24-4)20-9-6-10-22-12-14(2)23-15(3)13-22/h14-17H,5-13H2,1-4H3,(H2,19,20,21). The molecule has 4 unspecified atom stereocenters. The number of thioether (sulfide) groups is 1. The first kappa shape index (κ1) is 19.9. The van der Waals surface area contributed by atoms with Gasteiger partial charge in [-0.3, -0.25) is 9.89 Å². The number of nitrogens with zero attached hydrogens (tertiary/aromatic N) is 2. The molecule has 1 aliphatic heterocycles. The van der Waals surface area contributed by atoms with Crippen molar-refractivity contribution in [3.8, 4) is 0 Å². The summed E-state index contributed by atoms with van der Waals surface area (Å²) in [5.41, 5.74) is 0. The quantitative estimate of drug-likeness (QED) is 0.416. The first-order valence-corrected chi connectivity index (χ1v) is 10.8. The maximum atomic E-state index is 5.79. The highest BCUT2D eigenvalue weighted by Crippen LogP contribution is 2.28. The minimum atomic E-state index is 0.350. The van der Waals surface area contributed by atoms with Gasteiger partial charge in [-0.25, -0.2) is 0 Å². The molecule has 1 saturated heterocycles. The zero-order valence-corrected chi connectivity index (χ0v) is 16.7. The molecule has 1 heterocycles. The van der Waals surface area contributed by atoms with Crippen molar-refractivity contribution < 1.29 is 4.74 Å². The number of hydrogen-bond donors (Lipinski definition) is 2. The van der Waals surface area contributed by atoms with E-state index in [1.54, 1.807) is 0 Å². The van der Waals surface area contributed by atoms with Crippen LogP contribution in [-0.2, 0) is 4.74 Å². The van der Waals surface area contributed by atoms with Gasteiger partial charge in [0.1, 0.15) is 0 Å². The topological polar surface area (TPSA) is 48.9 Å². The summed E-state index contributed by atoms with van der Waals surface area (Å²) in [6.07, 6.45) is 7.87. The largest absolute Gasteiger partial charge is 0.373 e. The van der Waals surface area contributed by atoms with Gasteiger partial charge in [-0.1, -0.05) is 0 Å². The van der Waals surface area contributed by atoms with E-state index in [4.69, 9.17) is 9.73 Å². The fourth-order valence-corrected chi connectivity index (χ4v) is 4.55. The second-order valence-corrected chi connectivity index (χ2v) is 8.28. The van der Waals surface area contributed by atoms with E-state index in [2.05, 4.69) is 42.6 Å². The third-order valence-electron chi connectivity index (χ3n) is 4.80. The van der Waals surface area contributed by atoms with E-state index in [-0.39, 0.29) is 0 Å². The number of aliphatic imine (C=N–C) groups is 1. The fourth-order valence-electron chi connectivity index (χ4n) is 3.75. The van der Waals surface area contributed by atoms with Crippen LogP contribution in [0.25, 0.3) is 0 Å². The molecule has 5 nitrogen and oxygen atoms in total. The Bertz CT molecular complexity index is 383. The van der Waals surface area contributed by atoms with Crippen LogP contribution in [0, 0.1) is 0 Å². The highest BCUT2D eigenvalue weighted by molar-refractivity contribution is 7.99. The van der Waals surface area contributed by atoms with E-state index >= 15 is 0 Å². The zero-order chi connectivity index (χ0) is 17.4. The van der Waals surface area contributed by atoms with Gasteiger partial charge in [0.25, 0.3) is 0 Å². The second-order valence-electron chi connectivity index (χ2n) is 7.14. The highest BCUT2D eigenvalue weighted by atomic mass is 32.2. The molecule has 1 saturated carbocycles. The van der Waals surface area contributed by atoms with Crippen LogP contribution in [0.15, 0.2) is 4.99 Å². The molecule has 6 heteroatoms. The van der Waals surface area contributed by atoms with E-state index in [1.807, 2.05) is 11.8 Å². The molecule has 0 amide bonds. The predicted octanol–water partition coefficient (Wildman–Crippen LogP) is 2.32. The first-order chi connectivity index (χ1) is 11.6. The number of hydrogen-bond acceptors (Lipinski definition) is 4. The monoisotopic (exact) mass is 356 g/mol. The molecule has 1 aliphatic carbocycles. The van der Waals surface area contributed by atoms with Crippen LogP contribution in [0.5, 0.6) is 0 Å². The molecule has 4 atom stereocenters. The third-order valence-corrected chi connectivity index (χ3v) is 5.90. The van der Waals surface area contributed by atoms with E-state index in [0.717, 1.165) is 50.4 Å². The van der Waals surface area contributed by atoms with Crippen LogP contribution in [0.2, 0.25) is 0 Å². The molecule has 0 radical (unpaired) electrons. The third kappa shape index (κ3) is 6.81. The predicted molar refractivity (Wildman–Crippen MR) is 105 cm³/mol. The Hall–Kier alpha value is -0.460. The van der Waals surface area contributed by atoms with Gasteiger partial charge in [0, 0.05) is 44.0 Å². The Kier molecular flexibility index (Phi) is 8.70. The average Bonchev–Trinajstić information content (AvgIpc) is 2.98. The maximum absolute atomic E-state index is 5.79. The fraction of sp³-hybridized carbons (Fsp3) is 0.944. The lowest BCUT2D eigenvalue weighted by molar-refractivity contribution is -0.0679. The summed E-state index contributed by atoms with van der Waals surface area (Å²) < 4.78 is 5.79. The van der Waals surface area contributed by atoms with E-state index in [9.17, 15) is 0 Å². The molecule has 0 aromatic carbocycles. The molecule has 2 rings (SSSR count). The SMILES string of the molecule is CCNC(=NCCCN1CC(C)OC(C)C1)NC1CCC(SC)C1. The molecule has 2 fully saturated rings. The van der Waals surface area contributed by atoms with E-state index in [0.29, 0.717) is 18.2 Å². The van der Waals surface area contributed by atoms with Crippen molar-refractivity contribution >= 4 is 17.7 Å². The van der Waals surface area contributed by atoms with Crippen molar-refractivity contribution in [3.63, 3.8) is 0 Å². The molecule has 24 heavy (non-hydrogen) atoms. The summed E-state index contributed by atoms with van der Waals surface area (Å²) in [6, 6.07) is 0.584. The smallest absolute Gasteiger partial charge is 0.191 e. The van der Waals surface area contributed by atoms with E-state index < -0.39 is 0 Å². The lowest BCUT2D eigenvalue weighted by Gasteiger charge is -2.35. The van der Waals surface area contributed by atoms with Gasteiger partial charge < -0.3 is 15.4 Å². The molecule has 0 spiro atoms. The van der Waals surface area contributed by atoms with Crippen LogP contribution in [0.4, 0.5) is 0 Å². The van der Waals surface area contributed by atoms with Crippen LogP contribution in [-0.4, -0.2) is 73.3 Å². The van der Waals surface area contributed by atoms with Gasteiger partial charge in [-0.2, -0.15) is 11.8 Å². The van der Waals surface area contributed by atoms with Crippen molar-refractivity contribution in [3.05, 3.63) is 0 Å². The molecule has 0 aromatic rings. The lowest BCUT2D eigenvalue weighted by Crippen LogP contribution is -2.46. The Labute approximate surface area is 152 Å². The number of nitrogens with one attached hydrogen (secondary N) is 2. The number of rotatable bonds is 7. The van der Waals surface area contributed by atoms with Crippen LogP contribution < -0.4 is 10.6 Å². The van der Waals surface area contributed by atoms with Gasteiger partial charge >= 0.3 is 0 Å². The van der Waals surface area contributed by atoms with Gasteiger partial charge in [-0.05, 0) is 52.7 Å². The van der Waals surface area contributed by atoms with Gasteiger partial charge in [0.05, 0.1) is 12.2 Å². The van der Waals surface area contributed by atoms with Crippen molar-refractivity contribution in [1.29, 1.82) is 0 Å². The van der Waals surface area contributed by atoms with Crippen LogP contribution in [0.1, 0.15) is 46.5 Å². The Morgan fingerprint density at radius 3 is 2.62 bits per heavy atom. The number of morpholine rings is 1. The van der Waals surface area contributed by atoms with Gasteiger partial charge in [0.2, 0.25) is 0 Å². The van der Waals surface area contributed by atoms with E-state index in [1.165, 1.54) is 19.3 Å². The van der Waals surface area contributed by atoms with Crippen molar-refractivity contribution in [2.75, 3.05) is 39.0 Å². The molecule has 0 aromatic heterocycles. The number of ether oxygens (including phenoxy) is 1. The van der Waals surface area contributed by atoms with Crippen LogP contribution >= 0.6 is 11.8 Å². The van der Waals surface area contributed by atoms with Gasteiger partial charge in [0.15, 0.2) is 5.96 Å². The second kappa shape index (κ2) is 10.5. The molecule has 0 bridgehead atoms. The Balaban J connectivity index is 1.70. The molecule has 140 valence electrons. The Morgan fingerprint density at radius 2 is 2.00 bits per heavy atom. The Morgan fingerprint density at radius 1 is 1.25 bits per heavy atom. The summed E-state index contributed by atoms with van der Waals surface area (Å²) >= 11 is 2.00. The maximum Gasteiger partial charge on any atom is 0.191 e. The lowest BCUT2D eigenvalue weighted by atomic mass is 10.2. The minimum absolute atomic E-state index is 0.350. The summed E-state index contributed by atoms with van der Waals surface area (Å²) in [4.78, 5) is 7.29. The van der Waals surface area contributed by atoms with Crippen molar-refractivity contribution in [2.24, 2.45) is 4.99 Å². The van der Waals surface area contributed by atoms with Gasteiger partial charge in [-0.15, -0.1) is 0 Å². The molecular weight excluding hydrogens is 320 g/mol. The van der Waals surface area contributed by atoms with Crippen molar-refractivity contribution in [1.82, 2.24) is 15.5 Å². The normalized spacial score (nSPS) is 32.1. The molecular formula is C18H36N4OS. The molecule has 2 aliphatic rings. The zero-order valence-electron chi connectivity index (χ0n) is 15.9. The summed E-state index contributed by atoms with van der Waals surface area (Å²) in [6.45, 7) is 11.5. The minimum Gasteiger partial charge on any atom is -0.373 e. The summed E-state index contributed by atoms with van der Waals surface area (Å²) in [7, 11) is 0. The highest BCUT2D eigenvalue weighted by Gasteiger charge is 2.24. The molecule has 2 N–H and O–H groups in total.